The molecule has 1 aromatic heterocycles. The van der Waals surface area contributed by atoms with Crippen LogP contribution in [0, 0.1) is 0 Å². The molecule has 6 heteroatoms. The minimum Gasteiger partial charge on any atom is -0.297 e. The van der Waals surface area contributed by atoms with Gasteiger partial charge in [0.05, 0.1) is 12.1 Å². The van der Waals surface area contributed by atoms with Crippen molar-refractivity contribution in [3.63, 3.8) is 0 Å². The van der Waals surface area contributed by atoms with Crippen molar-refractivity contribution in [3.05, 3.63) is 18.5 Å². The van der Waals surface area contributed by atoms with Crippen LogP contribution in [0.15, 0.2) is 12.7 Å². The molecule has 0 saturated carbocycles. The summed E-state index contributed by atoms with van der Waals surface area (Å²) in [4.78, 5) is 4.98. The summed E-state index contributed by atoms with van der Waals surface area (Å²) in [6, 6.07) is 0.634. The molecule has 6 nitrogen and oxygen atoms in total. The van der Waals surface area contributed by atoms with Crippen molar-refractivity contribution >= 4 is 0 Å². The van der Waals surface area contributed by atoms with Crippen LogP contribution in [-0.4, -0.2) is 62.7 Å². The molecule has 1 unspecified atom stereocenters. The van der Waals surface area contributed by atoms with Gasteiger partial charge < -0.3 is 0 Å². The number of rotatable bonds is 7. The van der Waals surface area contributed by atoms with Crippen LogP contribution in [0.3, 0.4) is 0 Å². The summed E-state index contributed by atoms with van der Waals surface area (Å²) < 4.78 is 1.97. The summed E-state index contributed by atoms with van der Waals surface area (Å²) in [6.45, 7) is 15.6. The van der Waals surface area contributed by atoms with Gasteiger partial charge in [-0.15, -0.1) is 11.7 Å². The molecule has 0 radical (unpaired) electrons. The number of hydrogen-bond acceptors (Lipinski definition) is 5. The van der Waals surface area contributed by atoms with E-state index in [4.69, 9.17) is 0 Å². The van der Waals surface area contributed by atoms with E-state index in [0.29, 0.717) is 12.1 Å². The van der Waals surface area contributed by atoms with Crippen molar-refractivity contribution in [1.29, 1.82) is 0 Å². The molecule has 1 aliphatic rings. The predicted molar refractivity (Wildman–Crippen MR) is 84.1 cm³/mol. The van der Waals surface area contributed by atoms with E-state index in [1.165, 1.54) is 0 Å². The second kappa shape index (κ2) is 7.66. The quantitative estimate of drug-likeness (QED) is 0.718. The molecule has 1 saturated heterocycles. The van der Waals surface area contributed by atoms with Gasteiger partial charge in [-0.25, -0.2) is 4.68 Å². The summed E-state index contributed by atoms with van der Waals surface area (Å²) in [5.74, 6) is 1.02. The second-order valence-corrected chi connectivity index (χ2v) is 6.01. The summed E-state index contributed by atoms with van der Waals surface area (Å²) >= 11 is 0. The normalized spacial score (nSPS) is 19.0. The lowest BCUT2D eigenvalue weighted by Gasteiger charge is -2.38. The Bertz CT molecular complexity index is 433. The summed E-state index contributed by atoms with van der Waals surface area (Å²) in [7, 11) is 0. The van der Waals surface area contributed by atoms with Crippen molar-refractivity contribution in [2.45, 2.75) is 45.7 Å². The molecule has 1 aliphatic heterocycles. The van der Waals surface area contributed by atoms with E-state index in [-0.39, 0.29) is 0 Å². The maximum absolute atomic E-state index is 4.32. The predicted octanol–water partition coefficient (Wildman–Crippen LogP) is 1.90. The summed E-state index contributed by atoms with van der Waals surface area (Å²) in [5.41, 5.74) is 0. The average molecular weight is 292 g/mol. The van der Waals surface area contributed by atoms with Gasteiger partial charge in [0.25, 0.3) is 0 Å². The maximum atomic E-state index is 4.32. The number of tetrazole rings is 1. The van der Waals surface area contributed by atoms with Crippen LogP contribution in [0.1, 0.15) is 51.5 Å². The molecule has 1 fully saturated rings. The van der Waals surface area contributed by atoms with Gasteiger partial charge in [-0.05, 0) is 30.7 Å². The largest absolute Gasteiger partial charge is 0.297 e. The van der Waals surface area contributed by atoms with E-state index in [0.717, 1.165) is 51.4 Å². The van der Waals surface area contributed by atoms with Crippen molar-refractivity contribution in [2.24, 2.45) is 0 Å². The van der Waals surface area contributed by atoms with Gasteiger partial charge in [0.2, 0.25) is 0 Å². The van der Waals surface area contributed by atoms with Crippen molar-refractivity contribution < 1.29 is 0 Å². The van der Waals surface area contributed by atoms with E-state index in [1.807, 2.05) is 10.8 Å². The van der Waals surface area contributed by atoms with Gasteiger partial charge in [-0.3, -0.25) is 9.80 Å². The Morgan fingerprint density at radius 2 is 1.95 bits per heavy atom. The molecule has 2 heterocycles. The van der Waals surface area contributed by atoms with E-state index in [9.17, 15) is 0 Å². The molecule has 0 aromatic carbocycles. The zero-order valence-electron chi connectivity index (χ0n) is 13.6. The van der Waals surface area contributed by atoms with Crippen LogP contribution in [0.5, 0.6) is 0 Å². The first kappa shape index (κ1) is 16.1. The molecule has 0 spiro atoms. The molecule has 21 heavy (non-hydrogen) atoms. The molecule has 118 valence electrons. The van der Waals surface area contributed by atoms with Gasteiger partial charge in [-0.2, -0.15) is 0 Å². The third kappa shape index (κ3) is 3.89. The van der Waals surface area contributed by atoms with Crippen molar-refractivity contribution in [1.82, 2.24) is 30.0 Å². The highest BCUT2D eigenvalue weighted by Gasteiger charge is 2.28. The Kier molecular flexibility index (Phi) is 5.87. The molecular formula is C15H28N6. The number of nitrogens with zero attached hydrogens (tertiary/aromatic N) is 6. The van der Waals surface area contributed by atoms with Crippen LogP contribution < -0.4 is 0 Å². The van der Waals surface area contributed by atoms with Crippen LogP contribution in [0.25, 0.3) is 0 Å². The molecule has 0 N–H and O–H groups in total. The Labute approximate surface area is 127 Å². The lowest BCUT2D eigenvalue weighted by molar-refractivity contribution is 0.0914. The lowest BCUT2D eigenvalue weighted by Crippen LogP contribution is -2.48. The van der Waals surface area contributed by atoms with Gasteiger partial charge >= 0.3 is 0 Å². The fourth-order valence-electron chi connectivity index (χ4n) is 2.98. The highest BCUT2D eigenvalue weighted by atomic mass is 15.6. The minimum atomic E-state index is 0.302. The van der Waals surface area contributed by atoms with Gasteiger partial charge in [0, 0.05) is 32.7 Å². The molecule has 0 amide bonds. The Hall–Kier alpha value is -1.27. The number of aromatic nitrogens is 4. The highest BCUT2D eigenvalue weighted by molar-refractivity contribution is 4.96. The van der Waals surface area contributed by atoms with Crippen LogP contribution in [-0.2, 0) is 0 Å². The average Bonchev–Trinajstić information content (AvgIpc) is 2.95. The molecule has 0 bridgehead atoms. The van der Waals surface area contributed by atoms with Gasteiger partial charge in [0.15, 0.2) is 5.82 Å². The number of hydrogen-bond donors (Lipinski definition) is 0. The SMILES string of the molecule is C=CCN1CCN(C(CCC)c2nnnn2C(C)C)CC1. The molecular weight excluding hydrogens is 264 g/mol. The lowest BCUT2D eigenvalue weighted by atomic mass is 10.1. The Morgan fingerprint density at radius 1 is 1.24 bits per heavy atom. The minimum absolute atomic E-state index is 0.302. The molecule has 0 aliphatic carbocycles. The van der Waals surface area contributed by atoms with E-state index in [2.05, 4.69) is 52.7 Å². The molecule has 2 rings (SSSR count). The fraction of sp³-hybridized carbons (Fsp3) is 0.800. The first-order valence-corrected chi connectivity index (χ1v) is 8.02. The van der Waals surface area contributed by atoms with Crippen LogP contribution in [0.2, 0.25) is 0 Å². The Morgan fingerprint density at radius 3 is 2.52 bits per heavy atom. The maximum Gasteiger partial charge on any atom is 0.168 e. The second-order valence-electron chi connectivity index (χ2n) is 6.01. The summed E-state index contributed by atoms with van der Waals surface area (Å²) in [6.07, 6.45) is 4.23. The van der Waals surface area contributed by atoms with Crippen LogP contribution >= 0.6 is 0 Å². The van der Waals surface area contributed by atoms with E-state index >= 15 is 0 Å². The van der Waals surface area contributed by atoms with Crippen molar-refractivity contribution in [2.75, 3.05) is 32.7 Å². The number of piperazine rings is 1. The third-order valence-corrected chi connectivity index (χ3v) is 4.10. The van der Waals surface area contributed by atoms with E-state index in [1.54, 1.807) is 0 Å². The van der Waals surface area contributed by atoms with Crippen molar-refractivity contribution in [3.8, 4) is 0 Å². The molecule has 1 aromatic rings. The monoisotopic (exact) mass is 292 g/mol. The van der Waals surface area contributed by atoms with Crippen LogP contribution in [0.4, 0.5) is 0 Å². The van der Waals surface area contributed by atoms with Gasteiger partial charge in [0.1, 0.15) is 0 Å². The smallest absolute Gasteiger partial charge is 0.168 e. The van der Waals surface area contributed by atoms with Gasteiger partial charge in [-0.1, -0.05) is 19.4 Å². The Balaban J connectivity index is 2.09. The summed E-state index contributed by atoms with van der Waals surface area (Å²) in [5, 5.41) is 12.4. The van der Waals surface area contributed by atoms with E-state index < -0.39 is 0 Å². The standard InChI is InChI=1S/C15H28N6/c1-5-7-14(15-16-17-18-21(15)13(3)4)20-11-9-19(8-6-2)10-12-20/h6,13-14H,2,5,7-12H2,1,3-4H3. The highest BCUT2D eigenvalue weighted by Crippen LogP contribution is 2.26. The molecule has 1 atom stereocenters. The zero-order chi connectivity index (χ0) is 15.2. The third-order valence-electron chi connectivity index (χ3n) is 4.10. The zero-order valence-corrected chi connectivity index (χ0v) is 13.6. The topological polar surface area (TPSA) is 50.1 Å². The first-order valence-electron chi connectivity index (χ1n) is 8.02. The fourth-order valence-corrected chi connectivity index (χ4v) is 2.98. The first-order chi connectivity index (χ1) is 10.2.